The second kappa shape index (κ2) is 39.4. The van der Waals surface area contributed by atoms with E-state index in [0.29, 0.717) is 25.7 Å². The summed E-state index contributed by atoms with van der Waals surface area (Å²) in [5, 5.41) is 20.8. The van der Waals surface area contributed by atoms with Crippen LogP contribution in [0.4, 0.5) is 0 Å². The number of Topliss-reactive ketones (excluding diaryl/α,β-unsaturated/α-hetero) is 1. The fraction of sp³-hybridized carbons (Fsp3) is 0.857. The zero-order chi connectivity index (χ0) is 45.5. The van der Waals surface area contributed by atoms with E-state index in [-0.39, 0.29) is 56.6 Å². The first-order valence-electron chi connectivity index (χ1n) is 24.9. The van der Waals surface area contributed by atoms with Crippen molar-refractivity contribution in [2.75, 3.05) is 26.4 Å². The molecule has 1 rings (SSSR count). The minimum atomic E-state index is -4.44. The minimum absolute atomic E-state index is 0.00586. The molecule has 12 nitrogen and oxygen atoms in total. The second-order valence-electron chi connectivity index (χ2n) is 17.5. The molecule has 0 bridgehead atoms. The number of carbonyl (C=O) groups excluding carboxylic acids is 3. The van der Waals surface area contributed by atoms with E-state index in [2.05, 4.69) is 26.0 Å². The molecule has 0 aliphatic heterocycles. The van der Waals surface area contributed by atoms with Crippen LogP contribution in [0.2, 0.25) is 0 Å². The maximum absolute atomic E-state index is 12.7. The Kier molecular flexibility index (Phi) is 37.0. The summed E-state index contributed by atoms with van der Waals surface area (Å²) in [6, 6.07) is 0. The largest absolute Gasteiger partial charge is 0.472 e. The Morgan fingerprint density at radius 2 is 1.24 bits per heavy atom. The smallest absolute Gasteiger partial charge is 0.462 e. The normalized spacial score (nSPS) is 18.7. The number of esters is 2. The Bertz CT molecular complexity index is 1230. The van der Waals surface area contributed by atoms with E-state index >= 15 is 0 Å². The SMILES string of the molecule is CCCCCCCC/C=C\CCCCCCCCCCCCCC(=O)O[C@H](COC(=O)CCCCCC[C@H]1[C@@H](O)CC(=O)[C@@H]1/C=C/[C@@H](O)CCCCC)COP(=O)(O)OCCN. The standard InChI is InChI=1S/C49H90NO11P/c1-3-5-7-8-9-10-11-12-13-14-15-16-17-18-19-20-21-22-23-24-30-34-49(55)61-43(41-60-62(56,57)59-38-37-50)40-58-48(54)33-29-26-25-28-32-44-45(47(53)39-46(44)52)36-35-42(51)31-27-6-4-2/h12-13,35-36,42-46,51-52H,3-11,14-34,37-41,50H2,1-2H3,(H,56,57)/b13-12-,36-35+/t42-,43+,44+,45+,46-/m0/s1. The Morgan fingerprint density at radius 3 is 1.82 bits per heavy atom. The Labute approximate surface area is 376 Å². The fourth-order valence-corrected chi connectivity index (χ4v) is 8.71. The van der Waals surface area contributed by atoms with Gasteiger partial charge < -0.3 is 30.3 Å². The number of phosphoric acid groups is 1. The number of ether oxygens (including phenoxy) is 2. The first-order valence-corrected chi connectivity index (χ1v) is 26.4. The molecule has 0 aromatic heterocycles. The van der Waals surface area contributed by atoms with Crippen molar-refractivity contribution in [2.24, 2.45) is 17.6 Å². The van der Waals surface area contributed by atoms with Gasteiger partial charge in [-0.2, -0.15) is 0 Å². The molecule has 1 fully saturated rings. The monoisotopic (exact) mass is 900 g/mol. The number of aliphatic hydroxyl groups excluding tert-OH is 2. The number of hydrogen-bond acceptors (Lipinski definition) is 11. The third-order valence-corrected chi connectivity index (χ3v) is 12.7. The molecule has 62 heavy (non-hydrogen) atoms. The lowest BCUT2D eigenvalue weighted by molar-refractivity contribution is -0.161. The molecule has 0 heterocycles. The molecular formula is C49H90NO11P. The lowest BCUT2D eigenvalue weighted by Gasteiger charge is -2.20. The fourth-order valence-electron chi connectivity index (χ4n) is 7.95. The molecule has 0 aromatic rings. The molecule has 5 N–H and O–H groups in total. The van der Waals surface area contributed by atoms with E-state index in [1.54, 1.807) is 12.2 Å². The van der Waals surface area contributed by atoms with Gasteiger partial charge >= 0.3 is 19.8 Å². The van der Waals surface area contributed by atoms with Gasteiger partial charge in [0.05, 0.1) is 25.4 Å². The highest BCUT2D eigenvalue weighted by molar-refractivity contribution is 7.47. The van der Waals surface area contributed by atoms with Crippen LogP contribution in [-0.2, 0) is 37.5 Å². The van der Waals surface area contributed by atoms with Crippen LogP contribution >= 0.6 is 7.82 Å². The minimum Gasteiger partial charge on any atom is -0.462 e. The average molecular weight is 900 g/mol. The summed E-state index contributed by atoms with van der Waals surface area (Å²) in [6.07, 6.45) is 36.8. The highest BCUT2D eigenvalue weighted by Gasteiger charge is 2.39. The lowest BCUT2D eigenvalue weighted by atomic mass is 9.88. The van der Waals surface area contributed by atoms with Gasteiger partial charge in [0, 0.05) is 31.7 Å². The summed E-state index contributed by atoms with van der Waals surface area (Å²) < 4.78 is 32.9. The highest BCUT2D eigenvalue weighted by Crippen LogP contribution is 2.43. The predicted molar refractivity (Wildman–Crippen MR) is 248 cm³/mol. The van der Waals surface area contributed by atoms with Crippen LogP contribution in [0.5, 0.6) is 0 Å². The molecular weight excluding hydrogens is 810 g/mol. The van der Waals surface area contributed by atoms with Crippen molar-refractivity contribution in [3.8, 4) is 0 Å². The average Bonchev–Trinajstić information content (AvgIpc) is 3.52. The van der Waals surface area contributed by atoms with E-state index in [4.69, 9.17) is 24.3 Å². The quantitative estimate of drug-likeness (QED) is 0.0196. The Balaban J connectivity index is 2.28. The number of allylic oxidation sites excluding steroid dienone is 3. The Morgan fingerprint density at radius 1 is 0.726 bits per heavy atom. The third kappa shape index (κ3) is 32.7. The topological polar surface area (TPSA) is 192 Å². The van der Waals surface area contributed by atoms with Gasteiger partial charge in [0.25, 0.3) is 0 Å². The van der Waals surface area contributed by atoms with E-state index in [1.807, 2.05) is 0 Å². The van der Waals surface area contributed by atoms with Crippen LogP contribution in [0.25, 0.3) is 0 Å². The summed E-state index contributed by atoms with van der Waals surface area (Å²) in [5.41, 5.74) is 5.36. The molecule has 1 saturated carbocycles. The first-order chi connectivity index (χ1) is 30.0. The van der Waals surface area contributed by atoms with Crippen LogP contribution < -0.4 is 5.73 Å². The summed E-state index contributed by atoms with van der Waals surface area (Å²) in [5.74, 6) is -1.54. The van der Waals surface area contributed by atoms with Gasteiger partial charge in [0.1, 0.15) is 12.4 Å². The maximum Gasteiger partial charge on any atom is 0.472 e. The summed E-state index contributed by atoms with van der Waals surface area (Å²) in [6.45, 7) is 3.38. The zero-order valence-corrected chi connectivity index (χ0v) is 40.0. The molecule has 0 amide bonds. The number of phosphoric ester groups is 1. The summed E-state index contributed by atoms with van der Waals surface area (Å²) >= 11 is 0. The van der Waals surface area contributed by atoms with E-state index in [1.165, 1.54) is 96.3 Å². The van der Waals surface area contributed by atoms with Gasteiger partial charge in [-0.15, -0.1) is 0 Å². The van der Waals surface area contributed by atoms with Crippen LogP contribution in [0, 0.1) is 11.8 Å². The van der Waals surface area contributed by atoms with Gasteiger partial charge in [0.15, 0.2) is 6.10 Å². The van der Waals surface area contributed by atoms with Gasteiger partial charge in [-0.1, -0.05) is 167 Å². The molecule has 0 spiro atoms. The van der Waals surface area contributed by atoms with Gasteiger partial charge in [-0.3, -0.25) is 23.4 Å². The number of carbonyl (C=O) groups is 3. The third-order valence-electron chi connectivity index (χ3n) is 11.7. The number of rotatable bonds is 43. The summed E-state index contributed by atoms with van der Waals surface area (Å²) in [4.78, 5) is 47.7. The molecule has 1 aliphatic carbocycles. The molecule has 1 unspecified atom stereocenters. The molecule has 13 heteroatoms. The van der Waals surface area contributed by atoms with Crippen molar-refractivity contribution in [1.82, 2.24) is 0 Å². The van der Waals surface area contributed by atoms with Crippen molar-refractivity contribution in [2.45, 2.75) is 231 Å². The highest BCUT2D eigenvalue weighted by atomic mass is 31.2. The maximum atomic E-state index is 12.7. The number of aliphatic hydroxyl groups is 2. The van der Waals surface area contributed by atoms with E-state index < -0.39 is 44.7 Å². The molecule has 0 saturated heterocycles. The molecule has 1 aliphatic rings. The predicted octanol–water partition coefficient (Wildman–Crippen LogP) is 11.3. The molecule has 0 aromatic carbocycles. The van der Waals surface area contributed by atoms with E-state index in [9.17, 15) is 34.1 Å². The van der Waals surface area contributed by atoms with Crippen LogP contribution in [0.3, 0.4) is 0 Å². The number of nitrogens with two attached hydrogens (primary N) is 1. The first kappa shape index (κ1) is 58.1. The summed E-state index contributed by atoms with van der Waals surface area (Å²) in [7, 11) is -4.44. The van der Waals surface area contributed by atoms with Crippen LogP contribution in [-0.4, -0.2) is 77.5 Å². The lowest BCUT2D eigenvalue weighted by Crippen LogP contribution is -2.29. The van der Waals surface area contributed by atoms with Crippen molar-refractivity contribution in [3.63, 3.8) is 0 Å². The van der Waals surface area contributed by atoms with E-state index in [0.717, 1.165) is 57.8 Å². The Hall–Kier alpha value is -1.92. The van der Waals surface area contributed by atoms with Gasteiger partial charge in [-0.25, -0.2) is 4.57 Å². The molecule has 362 valence electrons. The van der Waals surface area contributed by atoms with Gasteiger partial charge in [0.2, 0.25) is 0 Å². The number of ketones is 1. The number of unbranched alkanes of at least 4 members (excludes halogenated alkanes) is 22. The van der Waals surface area contributed by atoms with Crippen molar-refractivity contribution < 1.29 is 52.6 Å². The van der Waals surface area contributed by atoms with Crippen molar-refractivity contribution in [1.29, 1.82) is 0 Å². The van der Waals surface area contributed by atoms with Crippen LogP contribution in [0.15, 0.2) is 24.3 Å². The molecule has 6 atom stereocenters. The van der Waals surface area contributed by atoms with Crippen molar-refractivity contribution in [3.05, 3.63) is 24.3 Å². The number of hydrogen-bond donors (Lipinski definition) is 4. The van der Waals surface area contributed by atoms with Crippen molar-refractivity contribution >= 4 is 25.5 Å². The van der Waals surface area contributed by atoms with Gasteiger partial charge in [-0.05, 0) is 57.3 Å². The van der Waals surface area contributed by atoms with Crippen LogP contribution in [0.1, 0.15) is 213 Å². The molecule has 0 radical (unpaired) electrons. The second-order valence-corrected chi connectivity index (χ2v) is 18.9. The zero-order valence-electron chi connectivity index (χ0n) is 39.1.